The summed E-state index contributed by atoms with van der Waals surface area (Å²) in [7, 11) is 0. The molecule has 1 aliphatic heterocycles. The summed E-state index contributed by atoms with van der Waals surface area (Å²) in [6.07, 6.45) is 16.5. The molecule has 0 saturated carbocycles. The first kappa shape index (κ1) is 11.8. The minimum absolute atomic E-state index is 0.974. The average molecular weight is 203 g/mol. The van der Waals surface area contributed by atoms with Crippen molar-refractivity contribution in [1.82, 2.24) is 5.32 Å². The Morgan fingerprint density at radius 2 is 2.40 bits per heavy atom. The lowest BCUT2D eigenvalue weighted by atomic mass is 10.0. The van der Waals surface area contributed by atoms with Crippen LogP contribution in [0, 0.1) is 0 Å². The van der Waals surface area contributed by atoms with Gasteiger partial charge in [0.25, 0.3) is 0 Å². The third kappa shape index (κ3) is 4.68. The Morgan fingerprint density at radius 1 is 1.53 bits per heavy atom. The van der Waals surface area contributed by atoms with Crippen LogP contribution < -0.4 is 5.32 Å². The lowest BCUT2D eigenvalue weighted by molar-refractivity contribution is 0.899. The Balaban J connectivity index is 2.43. The van der Waals surface area contributed by atoms with Gasteiger partial charge in [-0.1, -0.05) is 36.8 Å². The molecule has 1 heterocycles. The molecule has 15 heavy (non-hydrogen) atoms. The van der Waals surface area contributed by atoms with Crippen LogP contribution in [0.15, 0.2) is 47.7 Å². The number of nitrogens with one attached hydrogen (secondary N) is 1. The monoisotopic (exact) mass is 203 g/mol. The Morgan fingerprint density at radius 3 is 3.00 bits per heavy atom. The van der Waals surface area contributed by atoms with Crippen molar-refractivity contribution in [3.63, 3.8) is 0 Å². The summed E-state index contributed by atoms with van der Waals surface area (Å²) in [4.78, 5) is 0. The molecule has 0 bridgehead atoms. The van der Waals surface area contributed by atoms with E-state index in [2.05, 4.69) is 49.5 Å². The molecule has 1 rings (SSSR count). The maximum atomic E-state index is 3.17. The second-order valence-electron chi connectivity index (χ2n) is 3.71. The van der Waals surface area contributed by atoms with Crippen LogP contribution in [-0.4, -0.2) is 6.54 Å². The molecule has 1 N–H and O–H groups in total. The standard InChI is InChI=1S/C14H21N/c1-3-5-13(6-4-2)7-8-14-9-11-15-12-10-14/h3,5-6,9-11,15H,4,7-8,12H2,1-2H3/b5-3-,13-6+. The maximum Gasteiger partial charge on any atom is 0.0331 e. The Hall–Kier alpha value is -1.24. The summed E-state index contributed by atoms with van der Waals surface area (Å²) in [5.74, 6) is 0. The van der Waals surface area contributed by atoms with Crippen molar-refractivity contribution in [2.45, 2.75) is 33.1 Å². The van der Waals surface area contributed by atoms with Crippen LogP contribution in [0.1, 0.15) is 33.1 Å². The van der Waals surface area contributed by atoms with Crippen molar-refractivity contribution in [3.8, 4) is 0 Å². The lowest BCUT2D eigenvalue weighted by Crippen LogP contribution is -2.08. The summed E-state index contributed by atoms with van der Waals surface area (Å²) in [6.45, 7) is 5.24. The van der Waals surface area contributed by atoms with Crippen LogP contribution in [0.25, 0.3) is 0 Å². The highest BCUT2D eigenvalue weighted by Gasteiger charge is 1.98. The predicted molar refractivity (Wildman–Crippen MR) is 67.6 cm³/mol. The molecule has 0 fully saturated rings. The predicted octanol–water partition coefficient (Wildman–Crippen LogP) is 3.72. The fourth-order valence-corrected chi connectivity index (χ4v) is 1.70. The van der Waals surface area contributed by atoms with E-state index >= 15 is 0 Å². The van der Waals surface area contributed by atoms with Crippen LogP contribution in [0.4, 0.5) is 0 Å². The molecule has 0 atom stereocenters. The second kappa shape index (κ2) is 7.10. The van der Waals surface area contributed by atoms with Crippen molar-refractivity contribution in [2.75, 3.05) is 6.54 Å². The van der Waals surface area contributed by atoms with Crippen LogP contribution in [0.3, 0.4) is 0 Å². The van der Waals surface area contributed by atoms with Gasteiger partial charge in [0.1, 0.15) is 0 Å². The fraction of sp³-hybridized carbons (Fsp3) is 0.429. The number of hydrogen-bond donors (Lipinski definition) is 1. The van der Waals surface area contributed by atoms with E-state index in [1.54, 1.807) is 0 Å². The van der Waals surface area contributed by atoms with Crippen molar-refractivity contribution in [2.24, 2.45) is 0 Å². The lowest BCUT2D eigenvalue weighted by Gasteiger charge is -2.08. The van der Waals surface area contributed by atoms with Gasteiger partial charge in [0.2, 0.25) is 0 Å². The molecular weight excluding hydrogens is 182 g/mol. The zero-order valence-corrected chi connectivity index (χ0v) is 9.79. The highest BCUT2D eigenvalue weighted by Crippen LogP contribution is 2.15. The summed E-state index contributed by atoms with van der Waals surface area (Å²) in [5, 5.41) is 3.17. The minimum Gasteiger partial charge on any atom is -0.387 e. The Bertz CT molecular complexity index is 292. The molecule has 0 aromatic rings. The van der Waals surface area contributed by atoms with Crippen molar-refractivity contribution < 1.29 is 0 Å². The highest BCUT2D eigenvalue weighted by atomic mass is 14.8. The Kier molecular flexibility index (Phi) is 5.60. The zero-order chi connectivity index (χ0) is 10.9. The fourth-order valence-electron chi connectivity index (χ4n) is 1.70. The van der Waals surface area contributed by atoms with E-state index in [1.165, 1.54) is 11.1 Å². The number of allylic oxidation sites excluding steroid dienone is 6. The first-order valence-corrected chi connectivity index (χ1v) is 5.77. The molecule has 0 aliphatic carbocycles. The molecular formula is C14H21N. The normalized spacial score (nSPS) is 16.7. The first-order valence-electron chi connectivity index (χ1n) is 5.77. The van der Waals surface area contributed by atoms with Crippen LogP contribution in [0.5, 0.6) is 0 Å². The third-order valence-electron chi connectivity index (χ3n) is 2.45. The molecule has 0 aromatic heterocycles. The summed E-state index contributed by atoms with van der Waals surface area (Å²) >= 11 is 0. The number of rotatable bonds is 5. The summed E-state index contributed by atoms with van der Waals surface area (Å²) in [6, 6.07) is 0. The van der Waals surface area contributed by atoms with E-state index in [9.17, 15) is 0 Å². The van der Waals surface area contributed by atoms with Crippen LogP contribution in [0.2, 0.25) is 0 Å². The van der Waals surface area contributed by atoms with Gasteiger partial charge in [0.05, 0.1) is 0 Å². The van der Waals surface area contributed by atoms with Gasteiger partial charge in [-0.05, 0) is 44.0 Å². The largest absolute Gasteiger partial charge is 0.387 e. The van der Waals surface area contributed by atoms with E-state index in [-0.39, 0.29) is 0 Å². The average Bonchev–Trinajstić information content (AvgIpc) is 2.28. The maximum absolute atomic E-state index is 3.17. The molecule has 1 aliphatic rings. The van der Waals surface area contributed by atoms with Crippen molar-refractivity contribution >= 4 is 0 Å². The van der Waals surface area contributed by atoms with E-state index in [4.69, 9.17) is 0 Å². The molecule has 0 aromatic carbocycles. The van der Waals surface area contributed by atoms with E-state index in [0.29, 0.717) is 0 Å². The smallest absolute Gasteiger partial charge is 0.0331 e. The molecule has 82 valence electrons. The van der Waals surface area contributed by atoms with Crippen molar-refractivity contribution in [3.05, 3.63) is 47.7 Å². The van der Waals surface area contributed by atoms with Gasteiger partial charge >= 0.3 is 0 Å². The molecule has 0 amide bonds. The molecule has 0 spiro atoms. The molecule has 0 saturated heterocycles. The van der Waals surface area contributed by atoms with Gasteiger partial charge in [0, 0.05) is 6.54 Å². The summed E-state index contributed by atoms with van der Waals surface area (Å²) < 4.78 is 0. The van der Waals surface area contributed by atoms with Gasteiger partial charge < -0.3 is 5.32 Å². The number of dihydropyridines is 1. The van der Waals surface area contributed by atoms with Crippen LogP contribution >= 0.6 is 0 Å². The molecule has 1 nitrogen and oxygen atoms in total. The van der Waals surface area contributed by atoms with E-state index in [0.717, 1.165) is 25.8 Å². The first-order chi connectivity index (χ1) is 7.36. The third-order valence-corrected chi connectivity index (χ3v) is 2.45. The zero-order valence-electron chi connectivity index (χ0n) is 9.79. The number of hydrogen-bond acceptors (Lipinski definition) is 1. The Labute approximate surface area is 93.3 Å². The van der Waals surface area contributed by atoms with E-state index < -0.39 is 0 Å². The van der Waals surface area contributed by atoms with Gasteiger partial charge in [-0.3, -0.25) is 0 Å². The van der Waals surface area contributed by atoms with Gasteiger partial charge in [-0.25, -0.2) is 0 Å². The van der Waals surface area contributed by atoms with Gasteiger partial charge in [-0.2, -0.15) is 0 Å². The topological polar surface area (TPSA) is 12.0 Å². The SMILES string of the molecule is C/C=C\C(=C/CC)CCC1=CCNC=C1. The molecule has 0 unspecified atom stereocenters. The van der Waals surface area contributed by atoms with Crippen LogP contribution in [-0.2, 0) is 0 Å². The molecule has 1 heteroatoms. The quantitative estimate of drug-likeness (QED) is 0.671. The van der Waals surface area contributed by atoms with Crippen molar-refractivity contribution in [1.29, 1.82) is 0 Å². The van der Waals surface area contributed by atoms with E-state index in [1.807, 2.05) is 6.20 Å². The second-order valence-corrected chi connectivity index (χ2v) is 3.71. The summed E-state index contributed by atoms with van der Waals surface area (Å²) in [5.41, 5.74) is 2.90. The highest BCUT2D eigenvalue weighted by molar-refractivity contribution is 5.26. The van der Waals surface area contributed by atoms with Gasteiger partial charge in [0.15, 0.2) is 0 Å². The minimum atomic E-state index is 0.974. The molecule has 0 radical (unpaired) electrons. The van der Waals surface area contributed by atoms with Gasteiger partial charge in [-0.15, -0.1) is 0 Å².